The van der Waals surface area contributed by atoms with Crippen molar-refractivity contribution in [1.82, 2.24) is 10.6 Å². The molecule has 1 saturated heterocycles. The topological polar surface area (TPSA) is 24.1 Å². The van der Waals surface area contributed by atoms with Crippen LogP contribution in [0.2, 0.25) is 0 Å². The molecule has 2 N–H and O–H groups in total. The van der Waals surface area contributed by atoms with Gasteiger partial charge in [0, 0.05) is 0 Å². The molecular formula is C8H14N2. The zero-order chi connectivity index (χ0) is 7.40. The average Bonchev–Trinajstić information content (AvgIpc) is 2.36. The third kappa shape index (κ3) is 1.32. The van der Waals surface area contributed by atoms with Crippen LogP contribution in [-0.2, 0) is 0 Å². The Hall–Kier alpha value is -0.920. The summed E-state index contributed by atoms with van der Waals surface area (Å²) in [4.78, 5) is 0. The summed E-state index contributed by atoms with van der Waals surface area (Å²) in [5, 5.41) is 6.46. The predicted octanol–water partition coefficient (Wildman–Crippen LogP) is 1.33. The van der Waals surface area contributed by atoms with Crippen molar-refractivity contribution in [3.8, 4) is 0 Å². The molecular weight excluding hydrogens is 124 g/mol. The van der Waals surface area contributed by atoms with Gasteiger partial charge < -0.3 is 10.6 Å². The lowest BCUT2D eigenvalue weighted by molar-refractivity contribution is 0.837. The molecule has 0 saturated carbocycles. The van der Waals surface area contributed by atoms with Crippen LogP contribution in [-0.4, -0.2) is 6.67 Å². The summed E-state index contributed by atoms with van der Waals surface area (Å²) < 4.78 is 0. The normalized spacial score (nSPS) is 25.0. The second kappa shape index (κ2) is 3.30. The summed E-state index contributed by atoms with van der Waals surface area (Å²) in [6.45, 7) is 5.05. The van der Waals surface area contributed by atoms with Crippen LogP contribution < -0.4 is 10.6 Å². The van der Waals surface area contributed by atoms with Crippen LogP contribution in [0.1, 0.15) is 20.3 Å². The average molecular weight is 138 g/mol. The molecule has 0 aromatic heterocycles. The Morgan fingerprint density at radius 1 is 1.40 bits per heavy atom. The van der Waals surface area contributed by atoms with Crippen LogP contribution in [0.5, 0.6) is 0 Å². The van der Waals surface area contributed by atoms with Gasteiger partial charge in [-0.25, -0.2) is 0 Å². The molecule has 1 fully saturated rings. The van der Waals surface area contributed by atoms with Gasteiger partial charge >= 0.3 is 0 Å². The van der Waals surface area contributed by atoms with E-state index >= 15 is 0 Å². The maximum Gasteiger partial charge on any atom is 0.0850 e. The monoisotopic (exact) mass is 138 g/mol. The number of hydrogen-bond donors (Lipinski definition) is 2. The molecule has 1 aliphatic rings. The standard InChI is InChI=1S/C8H14N2/c1-3-5-8-7(4-2)9-6-10-8/h4-5,9-10H,3,6H2,1-2H3/b7-4+,8-5+. The fourth-order valence-electron chi connectivity index (χ4n) is 1.07. The van der Waals surface area contributed by atoms with E-state index in [-0.39, 0.29) is 0 Å². The van der Waals surface area contributed by atoms with Gasteiger partial charge in [-0.15, -0.1) is 0 Å². The predicted molar refractivity (Wildman–Crippen MR) is 43.3 cm³/mol. The van der Waals surface area contributed by atoms with Crippen LogP contribution in [0.3, 0.4) is 0 Å². The maximum absolute atomic E-state index is 3.24. The third-order valence-electron chi connectivity index (χ3n) is 1.54. The van der Waals surface area contributed by atoms with Crippen LogP contribution >= 0.6 is 0 Å². The van der Waals surface area contributed by atoms with Crippen LogP contribution in [0, 0.1) is 0 Å². The minimum Gasteiger partial charge on any atom is -0.367 e. The Morgan fingerprint density at radius 3 is 2.70 bits per heavy atom. The van der Waals surface area contributed by atoms with Crippen molar-refractivity contribution in [2.24, 2.45) is 0 Å². The summed E-state index contributed by atoms with van der Waals surface area (Å²) in [5.41, 5.74) is 2.46. The summed E-state index contributed by atoms with van der Waals surface area (Å²) in [5.74, 6) is 0. The molecule has 2 nitrogen and oxygen atoms in total. The summed E-state index contributed by atoms with van der Waals surface area (Å²) in [7, 11) is 0. The van der Waals surface area contributed by atoms with Gasteiger partial charge in [0.2, 0.25) is 0 Å². The summed E-state index contributed by atoms with van der Waals surface area (Å²) >= 11 is 0. The van der Waals surface area contributed by atoms with E-state index < -0.39 is 0 Å². The highest BCUT2D eigenvalue weighted by molar-refractivity contribution is 5.30. The first kappa shape index (κ1) is 7.19. The summed E-state index contributed by atoms with van der Waals surface area (Å²) in [6.07, 6.45) is 5.36. The highest BCUT2D eigenvalue weighted by atomic mass is 15.2. The van der Waals surface area contributed by atoms with Crippen molar-refractivity contribution in [2.75, 3.05) is 6.67 Å². The molecule has 0 radical (unpaired) electrons. The van der Waals surface area contributed by atoms with Crippen LogP contribution in [0.15, 0.2) is 23.5 Å². The first-order chi connectivity index (χ1) is 4.88. The minimum absolute atomic E-state index is 0.867. The second-order valence-electron chi connectivity index (χ2n) is 2.26. The number of rotatable bonds is 1. The van der Waals surface area contributed by atoms with E-state index in [9.17, 15) is 0 Å². The van der Waals surface area contributed by atoms with Crippen molar-refractivity contribution in [2.45, 2.75) is 20.3 Å². The van der Waals surface area contributed by atoms with Gasteiger partial charge in [-0.3, -0.25) is 0 Å². The Morgan fingerprint density at radius 2 is 2.10 bits per heavy atom. The van der Waals surface area contributed by atoms with Crippen molar-refractivity contribution >= 4 is 0 Å². The van der Waals surface area contributed by atoms with Gasteiger partial charge in [0.05, 0.1) is 18.1 Å². The van der Waals surface area contributed by atoms with Crippen molar-refractivity contribution in [1.29, 1.82) is 0 Å². The number of allylic oxidation sites excluding steroid dienone is 2. The number of nitrogens with one attached hydrogen (secondary N) is 2. The molecule has 0 aromatic rings. The van der Waals surface area contributed by atoms with Gasteiger partial charge in [0.15, 0.2) is 0 Å². The molecule has 0 aromatic carbocycles. The van der Waals surface area contributed by atoms with E-state index in [0.717, 1.165) is 13.1 Å². The van der Waals surface area contributed by atoms with E-state index in [2.05, 4.69) is 29.7 Å². The molecule has 2 heteroatoms. The third-order valence-corrected chi connectivity index (χ3v) is 1.54. The zero-order valence-corrected chi connectivity index (χ0v) is 6.57. The van der Waals surface area contributed by atoms with E-state index in [4.69, 9.17) is 0 Å². The van der Waals surface area contributed by atoms with Gasteiger partial charge in [0.25, 0.3) is 0 Å². The minimum atomic E-state index is 0.867. The summed E-state index contributed by atoms with van der Waals surface area (Å²) in [6, 6.07) is 0. The quantitative estimate of drug-likeness (QED) is 0.571. The fraction of sp³-hybridized carbons (Fsp3) is 0.500. The molecule has 0 amide bonds. The van der Waals surface area contributed by atoms with Gasteiger partial charge in [-0.05, 0) is 13.3 Å². The van der Waals surface area contributed by atoms with Crippen molar-refractivity contribution in [3.05, 3.63) is 23.5 Å². The highest BCUT2D eigenvalue weighted by Crippen LogP contribution is 2.07. The molecule has 56 valence electrons. The first-order valence-corrected chi connectivity index (χ1v) is 3.73. The van der Waals surface area contributed by atoms with Gasteiger partial charge in [-0.1, -0.05) is 19.1 Å². The van der Waals surface area contributed by atoms with Crippen LogP contribution in [0.4, 0.5) is 0 Å². The van der Waals surface area contributed by atoms with Crippen molar-refractivity contribution < 1.29 is 0 Å². The molecule has 0 aliphatic carbocycles. The molecule has 0 atom stereocenters. The van der Waals surface area contributed by atoms with Gasteiger partial charge in [-0.2, -0.15) is 0 Å². The van der Waals surface area contributed by atoms with E-state index in [1.54, 1.807) is 0 Å². The van der Waals surface area contributed by atoms with E-state index in [0.29, 0.717) is 0 Å². The van der Waals surface area contributed by atoms with Crippen LogP contribution in [0.25, 0.3) is 0 Å². The molecule has 0 bridgehead atoms. The Balaban J connectivity index is 2.68. The Labute approximate surface area is 62.0 Å². The Bertz CT molecular complexity index is 168. The second-order valence-corrected chi connectivity index (χ2v) is 2.26. The molecule has 0 spiro atoms. The number of hydrogen-bond acceptors (Lipinski definition) is 2. The van der Waals surface area contributed by atoms with E-state index in [1.807, 2.05) is 6.92 Å². The lowest BCUT2D eigenvalue weighted by Gasteiger charge is -1.96. The Kier molecular flexibility index (Phi) is 2.37. The van der Waals surface area contributed by atoms with Gasteiger partial charge in [0.1, 0.15) is 0 Å². The molecule has 1 aliphatic heterocycles. The molecule has 0 unspecified atom stereocenters. The lowest BCUT2D eigenvalue weighted by atomic mass is 10.3. The first-order valence-electron chi connectivity index (χ1n) is 3.73. The SMILES string of the molecule is C/C=C1/NCN/C1=C/CC. The largest absolute Gasteiger partial charge is 0.367 e. The van der Waals surface area contributed by atoms with E-state index in [1.165, 1.54) is 11.4 Å². The molecule has 10 heavy (non-hydrogen) atoms. The maximum atomic E-state index is 3.24. The molecule has 1 rings (SSSR count). The zero-order valence-electron chi connectivity index (χ0n) is 6.57. The highest BCUT2D eigenvalue weighted by Gasteiger charge is 2.07. The fourth-order valence-corrected chi connectivity index (χ4v) is 1.07. The lowest BCUT2D eigenvalue weighted by Crippen LogP contribution is -2.10. The molecule has 1 heterocycles. The van der Waals surface area contributed by atoms with Crippen molar-refractivity contribution in [3.63, 3.8) is 0 Å². The smallest absolute Gasteiger partial charge is 0.0850 e.